The Kier molecular flexibility index (Phi) is 12.4. The number of ether oxygens (including phenoxy) is 3. The van der Waals surface area contributed by atoms with Gasteiger partial charge in [-0.25, -0.2) is 0 Å². The van der Waals surface area contributed by atoms with Crippen LogP contribution in [0.3, 0.4) is 0 Å². The van der Waals surface area contributed by atoms with Gasteiger partial charge >= 0.3 is 11.9 Å². The lowest BCUT2D eigenvalue weighted by molar-refractivity contribution is -0.161. The van der Waals surface area contributed by atoms with Gasteiger partial charge in [0.1, 0.15) is 5.75 Å². The molecule has 0 spiro atoms. The van der Waals surface area contributed by atoms with Crippen LogP contribution in [0.5, 0.6) is 5.75 Å². The smallest absolute Gasteiger partial charge is 0.320 e. The number of unbranched alkanes of at least 4 members (excludes halogenated alkanes) is 1. The number of benzene rings is 1. The van der Waals surface area contributed by atoms with Gasteiger partial charge in [-0.15, -0.1) is 0 Å². The van der Waals surface area contributed by atoms with Crippen LogP contribution in [-0.2, 0) is 25.5 Å². The first kappa shape index (κ1) is 26.2. The molecule has 1 aromatic rings. The molecule has 0 aliphatic rings. The van der Waals surface area contributed by atoms with Crippen molar-refractivity contribution in [2.75, 3.05) is 19.8 Å². The molecule has 0 N–H and O–H groups in total. The predicted octanol–water partition coefficient (Wildman–Crippen LogP) is 5.64. The molecule has 1 aromatic carbocycles. The van der Waals surface area contributed by atoms with Gasteiger partial charge in [-0.1, -0.05) is 57.1 Å². The molecule has 0 saturated heterocycles. The highest BCUT2D eigenvalue weighted by Gasteiger charge is 2.29. The SMILES string of the molecule is CCC[Si](C)(C)CCCCOc1ccc(CCC(C(=O)OCC)C(=O)OCC)cc1. The minimum atomic E-state index is -1.01. The van der Waals surface area contributed by atoms with Crippen molar-refractivity contribution in [1.82, 2.24) is 0 Å². The van der Waals surface area contributed by atoms with Crippen molar-refractivity contribution in [3.63, 3.8) is 0 Å². The number of carbonyl (C=O) groups excluding carboxylic acids is 2. The lowest BCUT2D eigenvalue weighted by atomic mass is 9.99. The molecule has 0 radical (unpaired) electrons. The highest BCUT2D eigenvalue weighted by Crippen LogP contribution is 2.21. The van der Waals surface area contributed by atoms with Crippen LogP contribution in [0.2, 0.25) is 25.2 Å². The molecule has 0 fully saturated rings. The Hall–Kier alpha value is -1.82. The van der Waals surface area contributed by atoms with Gasteiger partial charge in [0, 0.05) is 8.07 Å². The number of hydrogen-bond acceptors (Lipinski definition) is 5. The molecule has 0 aliphatic carbocycles. The monoisotopic (exact) mass is 436 g/mol. The maximum atomic E-state index is 12.1. The van der Waals surface area contributed by atoms with E-state index in [2.05, 4.69) is 20.0 Å². The van der Waals surface area contributed by atoms with Gasteiger partial charge in [0.25, 0.3) is 0 Å². The molecule has 0 unspecified atom stereocenters. The highest BCUT2D eigenvalue weighted by atomic mass is 28.3. The van der Waals surface area contributed by atoms with E-state index in [1.165, 1.54) is 24.9 Å². The van der Waals surface area contributed by atoms with Crippen LogP contribution < -0.4 is 4.74 Å². The number of esters is 2. The normalized spacial score (nSPS) is 11.4. The summed E-state index contributed by atoms with van der Waals surface area (Å²) >= 11 is 0. The van der Waals surface area contributed by atoms with Crippen molar-refractivity contribution < 1.29 is 23.8 Å². The molecule has 30 heavy (non-hydrogen) atoms. The molecule has 0 atom stereocenters. The Bertz CT molecular complexity index is 609. The van der Waals surface area contributed by atoms with Crippen molar-refractivity contribution in [1.29, 1.82) is 0 Å². The first-order valence-electron chi connectivity index (χ1n) is 11.4. The molecule has 6 heteroatoms. The third-order valence-electron chi connectivity index (χ3n) is 5.23. The van der Waals surface area contributed by atoms with Gasteiger partial charge in [-0.05, 0) is 50.8 Å². The first-order chi connectivity index (χ1) is 14.3. The lowest BCUT2D eigenvalue weighted by Gasteiger charge is -2.21. The predicted molar refractivity (Wildman–Crippen MR) is 124 cm³/mol. The Morgan fingerprint density at radius 3 is 2.03 bits per heavy atom. The van der Waals surface area contributed by atoms with Gasteiger partial charge in [0.15, 0.2) is 5.92 Å². The molecule has 1 rings (SSSR count). The van der Waals surface area contributed by atoms with Gasteiger partial charge in [-0.3, -0.25) is 9.59 Å². The van der Waals surface area contributed by atoms with E-state index in [0.29, 0.717) is 12.8 Å². The molecule has 5 nitrogen and oxygen atoms in total. The minimum Gasteiger partial charge on any atom is -0.494 e. The third kappa shape index (κ3) is 10.3. The Morgan fingerprint density at radius 2 is 1.50 bits per heavy atom. The fourth-order valence-electron chi connectivity index (χ4n) is 3.58. The van der Waals surface area contributed by atoms with Crippen molar-refractivity contribution in [3.8, 4) is 5.75 Å². The molecule has 0 saturated carbocycles. The fraction of sp³-hybridized carbons (Fsp3) is 0.667. The topological polar surface area (TPSA) is 61.8 Å². The van der Waals surface area contributed by atoms with Crippen molar-refractivity contribution in [3.05, 3.63) is 29.8 Å². The molecule has 170 valence electrons. The molecule has 0 amide bonds. The second-order valence-electron chi connectivity index (χ2n) is 8.46. The van der Waals surface area contributed by atoms with Crippen LogP contribution in [0.15, 0.2) is 24.3 Å². The molecule has 0 bridgehead atoms. The summed E-state index contributed by atoms with van der Waals surface area (Å²) in [7, 11) is -1.01. The average molecular weight is 437 g/mol. The maximum Gasteiger partial charge on any atom is 0.320 e. The summed E-state index contributed by atoms with van der Waals surface area (Å²) < 4.78 is 15.9. The summed E-state index contributed by atoms with van der Waals surface area (Å²) in [5.41, 5.74) is 1.05. The van der Waals surface area contributed by atoms with Gasteiger partial charge in [0.05, 0.1) is 19.8 Å². The van der Waals surface area contributed by atoms with Crippen LogP contribution in [0.25, 0.3) is 0 Å². The van der Waals surface area contributed by atoms with Crippen LogP contribution in [0.1, 0.15) is 52.0 Å². The van der Waals surface area contributed by atoms with Crippen LogP contribution in [0, 0.1) is 5.92 Å². The summed E-state index contributed by atoms with van der Waals surface area (Å²) in [4.78, 5) is 24.1. The second-order valence-corrected chi connectivity index (χ2v) is 13.8. The Labute approximate surface area is 183 Å². The fourth-order valence-corrected chi connectivity index (χ4v) is 6.39. The van der Waals surface area contributed by atoms with Crippen molar-refractivity contribution >= 4 is 20.0 Å². The Balaban J connectivity index is 2.44. The zero-order chi connectivity index (χ0) is 22.4. The average Bonchev–Trinajstić information content (AvgIpc) is 2.69. The maximum absolute atomic E-state index is 12.1. The zero-order valence-electron chi connectivity index (χ0n) is 19.5. The van der Waals surface area contributed by atoms with E-state index in [4.69, 9.17) is 14.2 Å². The summed E-state index contributed by atoms with van der Waals surface area (Å²) in [6, 6.07) is 10.7. The van der Waals surface area contributed by atoms with Gasteiger partial charge in [0.2, 0.25) is 0 Å². The standard InChI is InChI=1S/C24H40O5Si/c1-6-18-30(4,5)19-10-9-17-29-21-14-11-20(12-15-21)13-16-22(23(25)27-7-2)24(26)28-8-3/h11-12,14-15,22H,6-10,13,16-19H2,1-5H3. The van der Waals surface area contributed by atoms with Crippen LogP contribution in [0.4, 0.5) is 0 Å². The van der Waals surface area contributed by atoms with Crippen LogP contribution in [-0.4, -0.2) is 39.8 Å². The molecular weight excluding hydrogens is 396 g/mol. The number of hydrogen-bond donors (Lipinski definition) is 0. The van der Waals surface area contributed by atoms with E-state index < -0.39 is 25.9 Å². The molecular formula is C24H40O5Si. The highest BCUT2D eigenvalue weighted by molar-refractivity contribution is 6.77. The van der Waals surface area contributed by atoms with Crippen LogP contribution >= 0.6 is 0 Å². The molecule has 0 heterocycles. The van der Waals surface area contributed by atoms with Gasteiger partial charge in [-0.2, -0.15) is 0 Å². The number of rotatable bonds is 15. The minimum absolute atomic E-state index is 0.249. The summed E-state index contributed by atoms with van der Waals surface area (Å²) in [6.07, 6.45) is 4.58. The number of aryl methyl sites for hydroxylation is 1. The summed E-state index contributed by atoms with van der Waals surface area (Å²) in [6.45, 7) is 11.9. The van der Waals surface area contributed by atoms with E-state index in [0.717, 1.165) is 24.3 Å². The largest absolute Gasteiger partial charge is 0.494 e. The molecule has 0 aromatic heterocycles. The summed E-state index contributed by atoms with van der Waals surface area (Å²) in [5, 5.41) is 0. The lowest BCUT2D eigenvalue weighted by Crippen LogP contribution is -2.28. The Morgan fingerprint density at radius 1 is 0.900 bits per heavy atom. The number of carbonyl (C=O) groups is 2. The van der Waals surface area contributed by atoms with Crippen molar-refractivity contribution in [2.45, 2.75) is 78.1 Å². The first-order valence-corrected chi connectivity index (χ1v) is 14.8. The van der Waals surface area contributed by atoms with Crippen molar-refractivity contribution in [2.24, 2.45) is 5.92 Å². The zero-order valence-corrected chi connectivity index (χ0v) is 20.5. The van der Waals surface area contributed by atoms with Gasteiger partial charge < -0.3 is 14.2 Å². The third-order valence-corrected chi connectivity index (χ3v) is 8.79. The van der Waals surface area contributed by atoms with E-state index >= 15 is 0 Å². The van der Waals surface area contributed by atoms with E-state index in [9.17, 15) is 9.59 Å². The van der Waals surface area contributed by atoms with E-state index in [1.54, 1.807) is 13.8 Å². The second kappa shape index (κ2) is 14.2. The summed E-state index contributed by atoms with van der Waals surface area (Å²) in [5.74, 6) is -1.04. The molecule has 0 aliphatic heterocycles. The van der Waals surface area contributed by atoms with E-state index in [1.807, 2.05) is 24.3 Å². The quantitative estimate of drug-likeness (QED) is 0.154. The van der Waals surface area contributed by atoms with E-state index in [-0.39, 0.29) is 13.2 Å².